The lowest BCUT2D eigenvalue weighted by Crippen LogP contribution is -2.19. The number of ether oxygens (including phenoxy) is 2. The predicted octanol–water partition coefficient (Wildman–Crippen LogP) is 2.89. The minimum atomic E-state index is -0.421. The van der Waals surface area contributed by atoms with Gasteiger partial charge in [-0.05, 0) is 38.1 Å². The summed E-state index contributed by atoms with van der Waals surface area (Å²) in [7, 11) is 0. The highest BCUT2D eigenvalue weighted by molar-refractivity contribution is 7.08. The van der Waals surface area contributed by atoms with E-state index < -0.39 is 6.29 Å². The Morgan fingerprint density at radius 2 is 2.27 bits per heavy atom. The Morgan fingerprint density at radius 3 is 2.80 bits per heavy atom. The van der Waals surface area contributed by atoms with Crippen LogP contribution in [-0.2, 0) is 9.47 Å². The van der Waals surface area contributed by atoms with Crippen LogP contribution in [0.5, 0.6) is 0 Å². The molecule has 0 aliphatic carbocycles. The maximum atomic E-state index is 5.50. The summed E-state index contributed by atoms with van der Waals surface area (Å²) < 4.78 is 10.9. The zero-order valence-corrected chi connectivity index (χ0v) is 10.1. The van der Waals surface area contributed by atoms with Crippen LogP contribution in [0.2, 0.25) is 0 Å². The van der Waals surface area contributed by atoms with Crippen LogP contribution < -0.4 is 0 Å². The fourth-order valence-electron chi connectivity index (χ4n) is 0.991. The largest absolute Gasteiger partial charge is 0.342 e. The Labute approximate surface area is 95.2 Å². The van der Waals surface area contributed by atoms with Crippen molar-refractivity contribution in [2.45, 2.75) is 33.2 Å². The van der Waals surface area contributed by atoms with E-state index in [-0.39, 0.29) is 6.10 Å². The second-order valence-electron chi connectivity index (χ2n) is 3.25. The molecule has 3 heteroatoms. The summed E-state index contributed by atoms with van der Waals surface area (Å²) in [4.78, 5) is 0. The summed E-state index contributed by atoms with van der Waals surface area (Å²) in [5.74, 6) is 5.99. The van der Waals surface area contributed by atoms with E-state index in [9.17, 15) is 0 Å². The molecule has 0 bridgehead atoms. The topological polar surface area (TPSA) is 18.5 Å². The molecule has 0 aliphatic heterocycles. The molecule has 15 heavy (non-hydrogen) atoms. The van der Waals surface area contributed by atoms with Gasteiger partial charge < -0.3 is 9.47 Å². The van der Waals surface area contributed by atoms with Gasteiger partial charge in [-0.1, -0.05) is 5.92 Å². The fourth-order valence-corrected chi connectivity index (χ4v) is 1.58. The molecule has 0 radical (unpaired) electrons. The van der Waals surface area contributed by atoms with E-state index in [1.807, 2.05) is 37.6 Å². The Hall–Kier alpha value is -0.820. The van der Waals surface area contributed by atoms with Gasteiger partial charge in [-0.3, -0.25) is 0 Å². The molecule has 82 valence electrons. The number of thiophene rings is 1. The second kappa shape index (κ2) is 6.62. The van der Waals surface area contributed by atoms with Crippen molar-refractivity contribution in [3.8, 4) is 11.8 Å². The molecule has 1 atom stereocenters. The monoisotopic (exact) mass is 224 g/mol. The highest BCUT2D eigenvalue weighted by Crippen LogP contribution is 2.04. The van der Waals surface area contributed by atoms with E-state index >= 15 is 0 Å². The molecule has 0 saturated carbocycles. The van der Waals surface area contributed by atoms with Crippen molar-refractivity contribution in [3.63, 3.8) is 0 Å². The van der Waals surface area contributed by atoms with Gasteiger partial charge >= 0.3 is 0 Å². The summed E-state index contributed by atoms with van der Waals surface area (Å²) in [5, 5.41) is 4.01. The predicted molar refractivity (Wildman–Crippen MR) is 62.8 cm³/mol. The molecular weight excluding hydrogens is 208 g/mol. The molecule has 0 N–H and O–H groups in total. The van der Waals surface area contributed by atoms with E-state index in [2.05, 4.69) is 11.8 Å². The van der Waals surface area contributed by atoms with Crippen LogP contribution in [0.25, 0.3) is 0 Å². The van der Waals surface area contributed by atoms with Crippen LogP contribution in [0.4, 0.5) is 0 Å². The van der Waals surface area contributed by atoms with Crippen molar-refractivity contribution in [2.24, 2.45) is 0 Å². The maximum Gasteiger partial charge on any atom is 0.223 e. The first-order valence-corrected chi connectivity index (χ1v) is 5.97. The summed E-state index contributed by atoms with van der Waals surface area (Å²) in [6, 6.07) is 1.98. The summed E-state index contributed by atoms with van der Waals surface area (Å²) in [6.07, 6.45) is -0.298. The van der Waals surface area contributed by atoms with Crippen LogP contribution >= 0.6 is 11.3 Å². The fraction of sp³-hybridized carbons (Fsp3) is 0.500. The van der Waals surface area contributed by atoms with E-state index in [1.54, 1.807) is 11.3 Å². The van der Waals surface area contributed by atoms with E-state index in [0.717, 1.165) is 5.56 Å². The van der Waals surface area contributed by atoms with Gasteiger partial charge in [0.1, 0.15) is 0 Å². The Balaban J connectivity index is 2.57. The van der Waals surface area contributed by atoms with Crippen LogP contribution in [0, 0.1) is 11.8 Å². The molecular formula is C12H16O2S. The number of hydrogen-bond acceptors (Lipinski definition) is 3. The molecule has 0 saturated heterocycles. The van der Waals surface area contributed by atoms with Gasteiger partial charge in [0.2, 0.25) is 6.29 Å². The second-order valence-corrected chi connectivity index (χ2v) is 4.03. The average molecular weight is 224 g/mol. The Morgan fingerprint density at radius 1 is 1.47 bits per heavy atom. The molecule has 0 fully saturated rings. The first-order valence-electron chi connectivity index (χ1n) is 5.03. The first kappa shape index (κ1) is 12.3. The first-order chi connectivity index (χ1) is 7.22. The van der Waals surface area contributed by atoms with E-state index in [4.69, 9.17) is 9.47 Å². The molecule has 1 rings (SSSR count). The van der Waals surface area contributed by atoms with Crippen molar-refractivity contribution in [3.05, 3.63) is 22.4 Å². The van der Waals surface area contributed by atoms with Gasteiger partial charge in [0, 0.05) is 17.6 Å². The quantitative estimate of drug-likeness (QED) is 0.578. The van der Waals surface area contributed by atoms with Gasteiger partial charge in [0.05, 0.1) is 6.10 Å². The third-order valence-electron chi connectivity index (χ3n) is 1.57. The van der Waals surface area contributed by atoms with Crippen molar-refractivity contribution in [2.75, 3.05) is 6.61 Å². The lowest BCUT2D eigenvalue weighted by atomic mass is 10.3. The molecule has 0 aliphatic rings. The standard InChI is InChI=1S/C12H16O2S/c1-4-13-12(14-10(2)3)6-5-11-7-8-15-9-11/h7-10,12H,4H2,1-3H3/t12-/m1/s1. The van der Waals surface area contributed by atoms with Gasteiger partial charge in [-0.15, -0.1) is 0 Å². The third-order valence-corrected chi connectivity index (χ3v) is 2.25. The molecule has 1 aromatic heterocycles. The van der Waals surface area contributed by atoms with Gasteiger partial charge in [0.15, 0.2) is 0 Å². The normalized spacial score (nSPS) is 12.3. The SMILES string of the molecule is CCO[C@@H](C#Cc1ccsc1)OC(C)C. The highest BCUT2D eigenvalue weighted by Gasteiger charge is 2.06. The van der Waals surface area contributed by atoms with Gasteiger partial charge in [-0.25, -0.2) is 0 Å². The molecule has 0 amide bonds. The van der Waals surface area contributed by atoms with Crippen LogP contribution in [0.1, 0.15) is 26.3 Å². The lowest BCUT2D eigenvalue weighted by molar-refractivity contribution is -0.124. The number of hydrogen-bond donors (Lipinski definition) is 0. The van der Waals surface area contributed by atoms with Crippen LogP contribution in [0.15, 0.2) is 16.8 Å². The Kier molecular flexibility index (Phi) is 5.41. The zero-order valence-electron chi connectivity index (χ0n) is 9.32. The average Bonchev–Trinajstić information content (AvgIpc) is 2.66. The Bertz CT molecular complexity index is 319. The van der Waals surface area contributed by atoms with E-state index in [0.29, 0.717) is 6.61 Å². The third kappa shape index (κ3) is 4.98. The van der Waals surface area contributed by atoms with Gasteiger partial charge in [-0.2, -0.15) is 11.3 Å². The molecule has 0 aromatic carbocycles. The van der Waals surface area contributed by atoms with E-state index in [1.165, 1.54) is 0 Å². The van der Waals surface area contributed by atoms with Crippen molar-refractivity contribution in [1.82, 2.24) is 0 Å². The minimum Gasteiger partial charge on any atom is -0.342 e. The van der Waals surface area contributed by atoms with Crippen LogP contribution in [-0.4, -0.2) is 19.0 Å². The maximum absolute atomic E-state index is 5.50. The zero-order chi connectivity index (χ0) is 11.1. The molecule has 0 unspecified atom stereocenters. The molecule has 2 nitrogen and oxygen atoms in total. The summed E-state index contributed by atoms with van der Waals surface area (Å²) in [6.45, 7) is 6.48. The number of rotatable bonds is 4. The van der Waals surface area contributed by atoms with Crippen LogP contribution in [0.3, 0.4) is 0 Å². The summed E-state index contributed by atoms with van der Waals surface area (Å²) >= 11 is 1.63. The lowest BCUT2D eigenvalue weighted by Gasteiger charge is -2.14. The summed E-state index contributed by atoms with van der Waals surface area (Å²) in [5.41, 5.74) is 1.01. The smallest absolute Gasteiger partial charge is 0.223 e. The highest BCUT2D eigenvalue weighted by atomic mass is 32.1. The minimum absolute atomic E-state index is 0.123. The van der Waals surface area contributed by atoms with Gasteiger partial charge in [0.25, 0.3) is 0 Å². The molecule has 1 aromatic rings. The van der Waals surface area contributed by atoms with Crippen molar-refractivity contribution >= 4 is 11.3 Å². The molecule has 0 spiro atoms. The van der Waals surface area contributed by atoms with Crippen molar-refractivity contribution in [1.29, 1.82) is 0 Å². The van der Waals surface area contributed by atoms with Crippen molar-refractivity contribution < 1.29 is 9.47 Å². The molecule has 1 heterocycles.